The molecule has 0 saturated carbocycles. The topological polar surface area (TPSA) is 63.6 Å². The van der Waals surface area contributed by atoms with Crippen molar-refractivity contribution in [3.05, 3.63) is 113 Å². The van der Waals surface area contributed by atoms with Crippen LogP contribution in [0.25, 0.3) is 12.2 Å². The first kappa shape index (κ1) is 21.8. The zero-order valence-electron chi connectivity index (χ0n) is 17.3. The number of ether oxygens (including phenoxy) is 1. The zero-order chi connectivity index (χ0) is 22.1. The van der Waals surface area contributed by atoms with E-state index in [9.17, 15) is 9.59 Å². The van der Waals surface area contributed by atoms with Gasteiger partial charge in [0.1, 0.15) is 12.4 Å². The van der Waals surface area contributed by atoms with Gasteiger partial charge < -0.3 is 9.84 Å². The second kappa shape index (κ2) is 10.7. The van der Waals surface area contributed by atoms with Crippen LogP contribution in [-0.2, 0) is 17.8 Å². The number of Topliss-reactive ketones (excluding diaryl/α,β-unsaturated/α-hetero) is 1. The molecule has 0 radical (unpaired) electrons. The van der Waals surface area contributed by atoms with Crippen molar-refractivity contribution in [1.82, 2.24) is 0 Å². The van der Waals surface area contributed by atoms with E-state index in [4.69, 9.17) is 9.84 Å². The lowest BCUT2D eigenvalue weighted by Crippen LogP contribution is -2.01. The molecule has 0 aromatic heterocycles. The summed E-state index contributed by atoms with van der Waals surface area (Å²) in [5, 5.41) is 8.88. The molecule has 0 aliphatic carbocycles. The molecule has 31 heavy (non-hydrogen) atoms. The Kier molecular flexibility index (Phi) is 7.55. The third-order valence-corrected chi connectivity index (χ3v) is 4.74. The summed E-state index contributed by atoms with van der Waals surface area (Å²) in [6.45, 7) is 1.99. The first-order valence-electron chi connectivity index (χ1n) is 10.00. The molecule has 0 unspecified atom stereocenters. The Bertz CT molecular complexity index is 1110. The summed E-state index contributed by atoms with van der Waals surface area (Å²) in [6, 6.07) is 23.0. The predicted octanol–water partition coefficient (Wildman–Crippen LogP) is 5.82. The average molecular weight is 412 g/mol. The van der Waals surface area contributed by atoms with Gasteiger partial charge in [0.25, 0.3) is 0 Å². The van der Waals surface area contributed by atoms with Crippen molar-refractivity contribution in [3.8, 4) is 5.75 Å². The van der Waals surface area contributed by atoms with Gasteiger partial charge >= 0.3 is 5.97 Å². The largest absolute Gasteiger partial charge is 0.489 e. The third-order valence-electron chi connectivity index (χ3n) is 4.74. The molecule has 4 nitrogen and oxygen atoms in total. The van der Waals surface area contributed by atoms with Gasteiger partial charge in [-0.25, -0.2) is 4.79 Å². The van der Waals surface area contributed by atoms with Crippen LogP contribution in [0.3, 0.4) is 0 Å². The van der Waals surface area contributed by atoms with Crippen LogP contribution >= 0.6 is 0 Å². The van der Waals surface area contributed by atoms with Crippen molar-refractivity contribution < 1.29 is 19.4 Å². The number of rotatable bonds is 9. The van der Waals surface area contributed by atoms with Crippen molar-refractivity contribution in [2.24, 2.45) is 0 Å². The molecule has 156 valence electrons. The molecule has 0 spiro atoms. The molecule has 0 heterocycles. The molecule has 1 N–H and O–H groups in total. The number of allylic oxidation sites excluding steroid dienone is 1. The number of benzene rings is 3. The minimum absolute atomic E-state index is 0.00370. The molecule has 4 heteroatoms. The minimum Gasteiger partial charge on any atom is -0.489 e. The molecule has 0 aliphatic heterocycles. The van der Waals surface area contributed by atoms with Crippen LogP contribution in [0.4, 0.5) is 0 Å². The molecular formula is C27H24O4. The van der Waals surface area contributed by atoms with Gasteiger partial charge in [-0.15, -0.1) is 0 Å². The van der Waals surface area contributed by atoms with E-state index in [1.807, 2.05) is 78.9 Å². The van der Waals surface area contributed by atoms with Gasteiger partial charge in [0.2, 0.25) is 0 Å². The van der Waals surface area contributed by atoms with Gasteiger partial charge in [-0.05, 0) is 59.9 Å². The molecular weight excluding hydrogens is 388 g/mol. The zero-order valence-corrected chi connectivity index (χ0v) is 17.3. The molecule has 3 rings (SSSR count). The highest BCUT2D eigenvalue weighted by atomic mass is 16.5. The fourth-order valence-corrected chi connectivity index (χ4v) is 3.12. The summed E-state index contributed by atoms with van der Waals surface area (Å²) < 4.78 is 6.03. The number of hydrogen-bond acceptors (Lipinski definition) is 3. The van der Waals surface area contributed by atoms with E-state index >= 15 is 0 Å². The average Bonchev–Trinajstić information content (AvgIpc) is 2.78. The number of carboxylic acids is 1. The highest BCUT2D eigenvalue weighted by molar-refractivity contribution is 5.94. The molecule has 3 aromatic rings. The minimum atomic E-state index is -0.986. The van der Waals surface area contributed by atoms with Crippen LogP contribution in [0.15, 0.2) is 84.9 Å². The molecule has 0 fully saturated rings. The Labute approximate surface area is 182 Å². The standard InChI is InChI=1S/C27H24O4/c1-20(28)24-14-16-26(31-19-21-8-3-2-4-9-21)25(18-24)13-7-12-22-10-5-6-11-23(22)15-17-27(29)30/h2-12,14-18H,13,19H2,1H3,(H,29,30)/b12-7+,17-15+. The van der Waals surface area contributed by atoms with E-state index in [0.717, 1.165) is 34.1 Å². The number of carbonyl (C=O) groups is 2. The van der Waals surface area contributed by atoms with Gasteiger partial charge in [-0.3, -0.25) is 4.79 Å². The van der Waals surface area contributed by atoms with E-state index in [1.165, 1.54) is 0 Å². The number of aliphatic carboxylic acids is 1. The maximum atomic E-state index is 11.8. The van der Waals surface area contributed by atoms with Gasteiger partial charge in [-0.1, -0.05) is 66.7 Å². The second-order valence-electron chi connectivity index (χ2n) is 7.06. The quantitative estimate of drug-likeness (QED) is 0.355. The van der Waals surface area contributed by atoms with Crippen LogP contribution in [-0.4, -0.2) is 16.9 Å². The van der Waals surface area contributed by atoms with Crippen LogP contribution in [0.2, 0.25) is 0 Å². The molecule has 0 amide bonds. The van der Waals surface area contributed by atoms with Gasteiger partial charge in [0.15, 0.2) is 5.78 Å². The Hall–Kier alpha value is -3.92. The Balaban J connectivity index is 1.80. The third kappa shape index (κ3) is 6.54. The highest BCUT2D eigenvalue weighted by Gasteiger charge is 2.08. The number of carboxylic acid groups (broad SMARTS) is 1. The van der Waals surface area contributed by atoms with E-state index in [1.54, 1.807) is 19.1 Å². The first-order valence-corrected chi connectivity index (χ1v) is 10.00. The van der Waals surface area contributed by atoms with Gasteiger partial charge in [0.05, 0.1) is 0 Å². The second-order valence-corrected chi connectivity index (χ2v) is 7.06. The maximum absolute atomic E-state index is 11.8. The van der Waals surface area contributed by atoms with Crippen LogP contribution < -0.4 is 4.74 Å². The lowest BCUT2D eigenvalue weighted by molar-refractivity contribution is -0.131. The summed E-state index contributed by atoms with van der Waals surface area (Å²) in [5.41, 5.74) is 4.35. The molecule has 0 saturated heterocycles. The smallest absolute Gasteiger partial charge is 0.328 e. The number of ketones is 1. The van der Waals surface area contributed by atoms with Crippen LogP contribution in [0.5, 0.6) is 5.75 Å². The van der Waals surface area contributed by atoms with E-state index in [-0.39, 0.29) is 5.78 Å². The maximum Gasteiger partial charge on any atom is 0.328 e. The molecule has 0 atom stereocenters. The highest BCUT2D eigenvalue weighted by Crippen LogP contribution is 2.23. The van der Waals surface area contributed by atoms with Gasteiger partial charge in [-0.2, -0.15) is 0 Å². The van der Waals surface area contributed by atoms with E-state index in [0.29, 0.717) is 18.6 Å². The summed E-state index contributed by atoms with van der Waals surface area (Å²) in [7, 11) is 0. The summed E-state index contributed by atoms with van der Waals surface area (Å²) >= 11 is 0. The van der Waals surface area contributed by atoms with Crippen molar-refractivity contribution in [2.75, 3.05) is 0 Å². The number of carbonyl (C=O) groups excluding carboxylic acids is 1. The normalized spacial score (nSPS) is 11.1. The van der Waals surface area contributed by atoms with Crippen molar-refractivity contribution in [1.29, 1.82) is 0 Å². The summed E-state index contributed by atoms with van der Waals surface area (Å²) in [5.74, 6) is -0.249. The Morgan fingerprint density at radius 3 is 2.26 bits per heavy atom. The fraction of sp³-hybridized carbons (Fsp3) is 0.111. The Morgan fingerprint density at radius 2 is 1.58 bits per heavy atom. The first-order chi connectivity index (χ1) is 15.0. The van der Waals surface area contributed by atoms with Crippen molar-refractivity contribution >= 4 is 23.9 Å². The SMILES string of the molecule is CC(=O)c1ccc(OCc2ccccc2)c(C/C=C/c2ccccc2/C=C/C(=O)O)c1. The van der Waals surface area contributed by atoms with Crippen LogP contribution in [0, 0.1) is 0 Å². The van der Waals surface area contributed by atoms with E-state index < -0.39 is 5.97 Å². The lowest BCUT2D eigenvalue weighted by Gasteiger charge is -2.12. The predicted molar refractivity (Wildman–Crippen MR) is 123 cm³/mol. The molecule has 3 aromatic carbocycles. The molecule has 0 bridgehead atoms. The fourth-order valence-electron chi connectivity index (χ4n) is 3.12. The summed E-state index contributed by atoms with van der Waals surface area (Å²) in [4.78, 5) is 22.7. The van der Waals surface area contributed by atoms with Gasteiger partial charge in [0, 0.05) is 11.6 Å². The lowest BCUT2D eigenvalue weighted by atomic mass is 10.0. The van der Waals surface area contributed by atoms with E-state index in [2.05, 4.69) is 0 Å². The summed E-state index contributed by atoms with van der Waals surface area (Å²) in [6.07, 6.45) is 7.21. The van der Waals surface area contributed by atoms with Crippen LogP contribution in [0.1, 0.15) is 39.5 Å². The monoisotopic (exact) mass is 412 g/mol. The van der Waals surface area contributed by atoms with Crippen molar-refractivity contribution in [2.45, 2.75) is 20.0 Å². The Morgan fingerprint density at radius 1 is 0.903 bits per heavy atom. The molecule has 0 aliphatic rings. The number of hydrogen-bond donors (Lipinski definition) is 1. The van der Waals surface area contributed by atoms with Crippen molar-refractivity contribution in [3.63, 3.8) is 0 Å².